The standard InChI is InChI=1S/C16H20N4O/c1-3-6-18-15-8-12(2)19-11-14(15)16(21)20-10-13-5-4-7-17-9-13/h4-5,7-9,11H,3,6,10H2,1-2H3,(H,18,19)(H,20,21). The van der Waals surface area contributed by atoms with Crippen LogP contribution in [0.3, 0.4) is 0 Å². The van der Waals surface area contributed by atoms with E-state index in [2.05, 4.69) is 27.5 Å². The average molecular weight is 284 g/mol. The van der Waals surface area contributed by atoms with E-state index in [0.29, 0.717) is 12.1 Å². The summed E-state index contributed by atoms with van der Waals surface area (Å²) in [5, 5.41) is 6.16. The van der Waals surface area contributed by atoms with Crippen LogP contribution in [0, 0.1) is 6.92 Å². The number of hydrogen-bond donors (Lipinski definition) is 2. The molecule has 0 radical (unpaired) electrons. The van der Waals surface area contributed by atoms with Gasteiger partial charge in [0.2, 0.25) is 0 Å². The number of aryl methyl sites for hydroxylation is 1. The van der Waals surface area contributed by atoms with Crippen LogP contribution in [0.15, 0.2) is 36.8 Å². The molecule has 0 saturated carbocycles. The second kappa shape index (κ2) is 7.38. The van der Waals surface area contributed by atoms with Gasteiger partial charge < -0.3 is 10.6 Å². The van der Waals surface area contributed by atoms with E-state index < -0.39 is 0 Å². The molecule has 0 aromatic carbocycles. The van der Waals surface area contributed by atoms with Crippen molar-refractivity contribution in [1.29, 1.82) is 0 Å². The Morgan fingerprint density at radius 2 is 2.19 bits per heavy atom. The van der Waals surface area contributed by atoms with Crippen molar-refractivity contribution >= 4 is 11.6 Å². The van der Waals surface area contributed by atoms with Crippen molar-refractivity contribution in [2.75, 3.05) is 11.9 Å². The van der Waals surface area contributed by atoms with Crippen LogP contribution in [0.25, 0.3) is 0 Å². The highest BCUT2D eigenvalue weighted by atomic mass is 16.1. The van der Waals surface area contributed by atoms with Crippen LogP contribution in [-0.2, 0) is 6.54 Å². The summed E-state index contributed by atoms with van der Waals surface area (Å²) in [5.41, 5.74) is 3.25. The van der Waals surface area contributed by atoms with Crippen molar-refractivity contribution in [3.05, 3.63) is 53.6 Å². The molecule has 2 heterocycles. The largest absolute Gasteiger partial charge is 0.384 e. The van der Waals surface area contributed by atoms with Crippen LogP contribution in [0.2, 0.25) is 0 Å². The van der Waals surface area contributed by atoms with E-state index in [1.807, 2.05) is 25.1 Å². The van der Waals surface area contributed by atoms with Crippen molar-refractivity contribution in [3.8, 4) is 0 Å². The van der Waals surface area contributed by atoms with Crippen molar-refractivity contribution in [3.63, 3.8) is 0 Å². The third-order valence-electron chi connectivity index (χ3n) is 3.03. The smallest absolute Gasteiger partial charge is 0.255 e. The molecule has 0 unspecified atom stereocenters. The monoisotopic (exact) mass is 284 g/mol. The summed E-state index contributed by atoms with van der Waals surface area (Å²) in [4.78, 5) is 20.5. The molecular weight excluding hydrogens is 264 g/mol. The van der Waals surface area contributed by atoms with Crippen LogP contribution in [0.1, 0.15) is 35.0 Å². The van der Waals surface area contributed by atoms with Gasteiger partial charge in [-0.15, -0.1) is 0 Å². The fraction of sp³-hybridized carbons (Fsp3) is 0.312. The first-order chi connectivity index (χ1) is 10.2. The highest BCUT2D eigenvalue weighted by Gasteiger charge is 2.12. The number of carbonyl (C=O) groups excluding carboxylic acids is 1. The second-order valence-electron chi connectivity index (χ2n) is 4.84. The SMILES string of the molecule is CCCNc1cc(C)ncc1C(=O)NCc1cccnc1. The Morgan fingerprint density at radius 3 is 2.90 bits per heavy atom. The van der Waals surface area contributed by atoms with Crippen LogP contribution in [0.5, 0.6) is 0 Å². The Morgan fingerprint density at radius 1 is 1.33 bits per heavy atom. The molecule has 1 amide bonds. The number of hydrogen-bond acceptors (Lipinski definition) is 4. The predicted molar refractivity (Wildman–Crippen MR) is 83.2 cm³/mol. The molecule has 110 valence electrons. The summed E-state index contributed by atoms with van der Waals surface area (Å²) in [6, 6.07) is 5.68. The molecule has 2 aromatic rings. The molecule has 0 spiro atoms. The molecule has 2 aromatic heterocycles. The Bertz CT molecular complexity index is 598. The fourth-order valence-corrected chi connectivity index (χ4v) is 1.93. The molecule has 0 aliphatic rings. The van der Waals surface area contributed by atoms with E-state index in [1.165, 1.54) is 0 Å². The minimum absolute atomic E-state index is 0.134. The number of nitrogens with one attached hydrogen (secondary N) is 2. The molecule has 5 heteroatoms. The van der Waals surface area contributed by atoms with E-state index in [-0.39, 0.29) is 5.91 Å². The first kappa shape index (κ1) is 15.0. The molecule has 0 aliphatic heterocycles. The summed E-state index contributed by atoms with van der Waals surface area (Å²) < 4.78 is 0. The van der Waals surface area contributed by atoms with Gasteiger partial charge in [-0.2, -0.15) is 0 Å². The molecule has 2 rings (SSSR count). The van der Waals surface area contributed by atoms with Gasteiger partial charge in [-0.25, -0.2) is 0 Å². The normalized spacial score (nSPS) is 10.2. The van der Waals surface area contributed by atoms with Gasteiger partial charge >= 0.3 is 0 Å². The van der Waals surface area contributed by atoms with Gasteiger partial charge in [0.15, 0.2) is 0 Å². The minimum atomic E-state index is -0.134. The predicted octanol–water partition coefficient (Wildman–Crippen LogP) is 2.54. The zero-order chi connectivity index (χ0) is 15.1. The Balaban J connectivity index is 2.07. The maximum Gasteiger partial charge on any atom is 0.255 e. The highest BCUT2D eigenvalue weighted by Crippen LogP contribution is 2.16. The number of anilines is 1. The third-order valence-corrected chi connectivity index (χ3v) is 3.03. The maximum absolute atomic E-state index is 12.3. The van der Waals surface area contributed by atoms with E-state index in [1.54, 1.807) is 18.6 Å². The number of rotatable bonds is 6. The lowest BCUT2D eigenvalue weighted by molar-refractivity contribution is 0.0951. The number of carbonyl (C=O) groups is 1. The lowest BCUT2D eigenvalue weighted by atomic mass is 10.2. The van der Waals surface area contributed by atoms with Crippen LogP contribution in [-0.4, -0.2) is 22.4 Å². The second-order valence-corrected chi connectivity index (χ2v) is 4.84. The van der Waals surface area contributed by atoms with Crippen molar-refractivity contribution in [2.24, 2.45) is 0 Å². The van der Waals surface area contributed by atoms with Gasteiger partial charge in [0, 0.05) is 37.4 Å². The van der Waals surface area contributed by atoms with E-state index in [4.69, 9.17) is 0 Å². The molecule has 0 atom stereocenters. The Labute approximate surface area is 124 Å². The molecule has 0 fully saturated rings. The lowest BCUT2D eigenvalue weighted by Crippen LogP contribution is -2.24. The van der Waals surface area contributed by atoms with Gasteiger partial charge in [0.25, 0.3) is 5.91 Å². The summed E-state index contributed by atoms with van der Waals surface area (Å²) >= 11 is 0. The fourth-order valence-electron chi connectivity index (χ4n) is 1.93. The van der Waals surface area contributed by atoms with Crippen molar-refractivity contribution in [2.45, 2.75) is 26.8 Å². The maximum atomic E-state index is 12.3. The van der Waals surface area contributed by atoms with E-state index in [9.17, 15) is 4.79 Å². The molecule has 2 N–H and O–H groups in total. The van der Waals surface area contributed by atoms with Gasteiger partial charge in [-0.1, -0.05) is 13.0 Å². The van der Waals surface area contributed by atoms with Crippen molar-refractivity contribution < 1.29 is 4.79 Å². The van der Waals surface area contributed by atoms with Crippen LogP contribution >= 0.6 is 0 Å². The Hall–Kier alpha value is -2.43. The number of pyridine rings is 2. The molecule has 0 saturated heterocycles. The zero-order valence-corrected chi connectivity index (χ0v) is 12.4. The molecule has 0 aliphatic carbocycles. The highest BCUT2D eigenvalue weighted by molar-refractivity contribution is 5.99. The lowest BCUT2D eigenvalue weighted by Gasteiger charge is -2.12. The van der Waals surface area contributed by atoms with Gasteiger partial charge in [0.1, 0.15) is 0 Å². The Kier molecular flexibility index (Phi) is 5.26. The first-order valence-electron chi connectivity index (χ1n) is 7.08. The summed E-state index contributed by atoms with van der Waals surface area (Å²) in [6.07, 6.45) is 6.07. The first-order valence-corrected chi connectivity index (χ1v) is 7.08. The van der Waals surface area contributed by atoms with Crippen LogP contribution < -0.4 is 10.6 Å². The average Bonchev–Trinajstić information content (AvgIpc) is 2.51. The number of aromatic nitrogens is 2. The molecular formula is C16H20N4O. The molecule has 0 bridgehead atoms. The van der Waals surface area contributed by atoms with E-state index in [0.717, 1.165) is 29.9 Å². The molecule has 5 nitrogen and oxygen atoms in total. The quantitative estimate of drug-likeness (QED) is 0.855. The third kappa shape index (κ3) is 4.27. The van der Waals surface area contributed by atoms with Crippen LogP contribution in [0.4, 0.5) is 5.69 Å². The van der Waals surface area contributed by atoms with Gasteiger partial charge in [-0.3, -0.25) is 14.8 Å². The van der Waals surface area contributed by atoms with E-state index >= 15 is 0 Å². The zero-order valence-electron chi connectivity index (χ0n) is 12.4. The number of nitrogens with zero attached hydrogens (tertiary/aromatic N) is 2. The minimum Gasteiger partial charge on any atom is -0.384 e. The van der Waals surface area contributed by atoms with Gasteiger partial charge in [0.05, 0.1) is 11.3 Å². The summed E-state index contributed by atoms with van der Waals surface area (Å²) in [5.74, 6) is -0.134. The molecule has 21 heavy (non-hydrogen) atoms. The summed E-state index contributed by atoms with van der Waals surface area (Å²) in [7, 11) is 0. The summed E-state index contributed by atoms with van der Waals surface area (Å²) in [6.45, 7) is 5.28. The van der Waals surface area contributed by atoms with Gasteiger partial charge in [-0.05, 0) is 31.0 Å². The topological polar surface area (TPSA) is 66.9 Å². The number of amides is 1. The van der Waals surface area contributed by atoms with Crippen molar-refractivity contribution in [1.82, 2.24) is 15.3 Å².